The summed E-state index contributed by atoms with van der Waals surface area (Å²) in [5, 5.41) is 2.51. The Bertz CT molecular complexity index is 359. The first-order chi connectivity index (χ1) is 5.47. The van der Waals surface area contributed by atoms with E-state index in [0.29, 0.717) is 10.2 Å². The fourth-order valence-electron chi connectivity index (χ4n) is 0.512. The Kier molecular flexibility index (Phi) is 3.05. The van der Waals surface area contributed by atoms with Crippen molar-refractivity contribution in [2.75, 3.05) is 6.26 Å². The summed E-state index contributed by atoms with van der Waals surface area (Å²) in [7, 11) is -3.39. The molecule has 0 aromatic carbocycles. The molecule has 1 aromatic rings. The summed E-state index contributed by atoms with van der Waals surface area (Å²) in [4.78, 5) is 3.81. The van der Waals surface area contributed by atoms with E-state index >= 15 is 0 Å². The number of rotatable bonds is 3. The molecule has 0 radical (unpaired) electrons. The van der Waals surface area contributed by atoms with Gasteiger partial charge in [-0.2, -0.15) is 8.42 Å². The van der Waals surface area contributed by atoms with Gasteiger partial charge >= 0.3 is 0 Å². The van der Waals surface area contributed by atoms with Crippen LogP contribution in [-0.2, 0) is 20.9 Å². The topological polar surface area (TPSA) is 56.3 Å². The van der Waals surface area contributed by atoms with E-state index < -0.39 is 10.1 Å². The van der Waals surface area contributed by atoms with Crippen molar-refractivity contribution in [1.82, 2.24) is 4.98 Å². The van der Waals surface area contributed by atoms with Crippen LogP contribution in [0, 0.1) is 0 Å². The molecule has 0 aliphatic rings. The fraction of sp³-hybridized carbons (Fsp3) is 0.400. The second kappa shape index (κ2) is 3.69. The summed E-state index contributed by atoms with van der Waals surface area (Å²) in [5.41, 5.74) is 0. The molecule has 4 nitrogen and oxygen atoms in total. The molecule has 0 unspecified atom stereocenters. The Labute approximate surface area is 79.3 Å². The van der Waals surface area contributed by atoms with E-state index in [1.807, 2.05) is 0 Å². The molecule has 0 aliphatic heterocycles. The number of nitrogens with zero attached hydrogens (tertiary/aromatic N) is 1. The highest BCUT2D eigenvalue weighted by Gasteiger charge is 2.05. The number of thiazole rings is 1. The number of aromatic nitrogens is 1. The lowest BCUT2D eigenvalue weighted by atomic mass is 10.8. The summed E-state index contributed by atoms with van der Waals surface area (Å²) in [6.07, 6.45) is 0.988. The van der Waals surface area contributed by atoms with E-state index in [1.165, 1.54) is 11.3 Å². The van der Waals surface area contributed by atoms with Crippen LogP contribution in [0.15, 0.2) is 5.38 Å². The van der Waals surface area contributed by atoms with Crippen LogP contribution in [0.3, 0.4) is 0 Å². The maximum Gasteiger partial charge on any atom is 0.264 e. The van der Waals surface area contributed by atoms with E-state index in [9.17, 15) is 8.42 Å². The molecule has 1 heterocycles. The normalized spacial score (nSPS) is 11.8. The molecule has 68 valence electrons. The van der Waals surface area contributed by atoms with Crippen LogP contribution in [0.1, 0.15) is 5.01 Å². The summed E-state index contributed by atoms with van der Waals surface area (Å²) >= 11 is 6.76. The van der Waals surface area contributed by atoms with Crippen molar-refractivity contribution in [1.29, 1.82) is 0 Å². The van der Waals surface area contributed by atoms with Gasteiger partial charge in [-0.15, -0.1) is 11.3 Å². The quantitative estimate of drug-likeness (QED) is 0.730. The van der Waals surface area contributed by atoms with Gasteiger partial charge in [-0.3, -0.25) is 4.18 Å². The van der Waals surface area contributed by atoms with Gasteiger partial charge in [-0.05, 0) is 0 Å². The van der Waals surface area contributed by atoms with Crippen molar-refractivity contribution in [3.8, 4) is 0 Å². The minimum absolute atomic E-state index is 0.0454. The van der Waals surface area contributed by atoms with Gasteiger partial charge in [0.05, 0.1) is 6.26 Å². The van der Waals surface area contributed by atoms with E-state index in [0.717, 1.165) is 6.26 Å². The van der Waals surface area contributed by atoms with Gasteiger partial charge in [-0.1, -0.05) is 11.6 Å². The van der Waals surface area contributed by atoms with E-state index in [4.69, 9.17) is 11.6 Å². The van der Waals surface area contributed by atoms with Crippen molar-refractivity contribution in [3.63, 3.8) is 0 Å². The molecular weight excluding hydrogens is 222 g/mol. The predicted molar refractivity (Wildman–Crippen MR) is 46.8 cm³/mol. The van der Waals surface area contributed by atoms with Crippen molar-refractivity contribution in [2.45, 2.75) is 6.61 Å². The van der Waals surface area contributed by atoms with Gasteiger partial charge in [0.2, 0.25) is 0 Å². The van der Waals surface area contributed by atoms with Crippen molar-refractivity contribution >= 4 is 33.1 Å². The molecular formula is C5H6ClNO3S2. The molecule has 1 aromatic heterocycles. The second-order valence-electron chi connectivity index (χ2n) is 2.03. The van der Waals surface area contributed by atoms with Gasteiger partial charge in [0.15, 0.2) is 0 Å². The Balaban J connectivity index is 2.55. The Morgan fingerprint density at radius 3 is 2.83 bits per heavy atom. The third-order valence-corrected chi connectivity index (χ3v) is 2.61. The van der Waals surface area contributed by atoms with Crippen LogP contribution < -0.4 is 0 Å². The van der Waals surface area contributed by atoms with E-state index in [-0.39, 0.29) is 6.61 Å². The van der Waals surface area contributed by atoms with Gasteiger partial charge < -0.3 is 0 Å². The lowest BCUT2D eigenvalue weighted by Crippen LogP contribution is -2.02. The van der Waals surface area contributed by atoms with Crippen molar-refractivity contribution in [2.24, 2.45) is 0 Å². The average molecular weight is 228 g/mol. The smallest absolute Gasteiger partial charge is 0.263 e. The second-order valence-corrected chi connectivity index (χ2v) is 5.00. The van der Waals surface area contributed by atoms with Crippen LogP contribution in [0.4, 0.5) is 0 Å². The van der Waals surface area contributed by atoms with Crippen LogP contribution >= 0.6 is 22.9 Å². The zero-order chi connectivity index (χ0) is 9.19. The first kappa shape index (κ1) is 9.91. The standard InChI is InChI=1S/C5H6ClNO3S2/c1-12(8,9)10-2-5-7-4(6)3-11-5/h3H,2H2,1H3. The van der Waals surface area contributed by atoms with Crippen molar-refractivity contribution in [3.05, 3.63) is 15.5 Å². The average Bonchev–Trinajstić information content (AvgIpc) is 2.30. The van der Waals surface area contributed by atoms with Crippen LogP contribution in [-0.4, -0.2) is 19.7 Å². The van der Waals surface area contributed by atoms with Crippen LogP contribution in [0.5, 0.6) is 0 Å². The molecule has 0 aliphatic carbocycles. The van der Waals surface area contributed by atoms with Crippen LogP contribution in [0.25, 0.3) is 0 Å². The maximum atomic E-state index is 10.5. The van der Waals surface area contributed by atoms with Gasteiger partial charge in [0.1, 0.15) is 16.8 Å². The molecule has 0 amide bonds. The van der Waals surface area contributed by atoms with Gasteiger partial charge in [0.25, 0.3) is 10.1 Å². The molecule has 0 atom stereocenters. The van der Waals surface area contributed by atoms with Gasteiger partial charge in [-0.25, -0.2) is 4.98 Å². The number of halogens is 1. The third kappa shape index (κ3) is 3.48. The predicted octanol–water partition coefficient (Wildman–Crippen LogP) is 1.27. The SMILES string of the molecule is CS(=O)(=O)OCc1nc(Cl)cs1. The lowest BCUT2D eigenvalue weighted by molar-refractivity contribution is 0.311. The molecule has 7 heteroatoms. The molecule has 0 N–H and O–H groups in total. The number of hydrogen-bond donors (Lipinski definition) is 0. The Morgan fingerprint density at radius 1 is 1.75 bits per heavy atom. The zero-order valence-corrected chi connectivity index (χ0v) is 8.54. The maximum absolute atomic E-state index is 10.5. The monoisotopic (exact) mass is 227 g/mol. The first-order valence-corrected chi connectivity index (χ1v) is 5.99. The molecule has 1 rings (SSSR count). The summed E-state index contributed by atoms with van der Waals surface area (Å²) < 4.78 is 25.6. The largest absolute Gasteiger partial charge is 0.264 e. The summed E-state index contributed by atoms with van der Waals surface area (Å²) in [5.74, 6) is 0. The minimum atomic E-state index is -3.39. The first-order valence-electron chi connectivity index (χ1n) is 2.92. The van der Waals surface area contributed by atoms with Gasteiger partial charge in [0, 0.05) is 5.38 Å². The van der Waals surface area contributed by atoms with E-state index in [1.54, 1.807) is 5.38 Å². The zero-order valence-electron chi connectivity index (χ0n) is 6.15. The summed E-state index contributed by atoms with van der Waals surface area (Å²) in [6, 6.07) is 0. The Morgan fingerprint density at radius 2 is 2.42 bits per heavy atom. The van der Waals surface area contributed by atoms with Crippen LogP contribution in [0.2, 0.25) is 5.15 Å². The Hall–Kier alpha value is -0.170. The highest BCUT2D eigenvalue weighted by Crippen LogP contribution is 2.15. The molecule has 0 saturated carbocycles. The minimum Gasteiger partial charge on any atom is -0.263 e. The van der Waals surface area contributed by atoms with E-state index in [2.05, 4.69) is 9.17 Å². The third-order valence-electron chi connectivity index (χ3n) is 0.920. The molecule has 0 bridgehead atoms. The summed E-state index contributed by atoms with van der Waals surface area (Å²) in [6.45, 7) is -0.0454. The number of hydrogen-bond acceptors (Lipinski definition) is 5. The molecule has 12 heavy (non-hydrogen) atoms. The molecule has 0 saturated heterocycles. The lowest BCUT2D eigenvalue weighted by Gasteiger charge is -1.95. The molecule has 0 fully saturated rings. The molecule has 0 spiro atoms. The fourth-order valence-corrected chi connectivity index (χ4v) is 1.76. The highest BCUT2D eigenvalue weighted by atomic mass is 35.5. The van der Waals surface area contributed by atoms with Crippen molar-refractivity contribution < 1.29 is 12.6 Å². The highest BCUT2D eigenvalue weighted by molar-refractivity contribution is 7.85.